The second-order valence-electron chi connectivity index (χ2n) is 4.75. The van der Waals surface area contributed by atoms with Crippen molar-refractivity contribution in [3.05, 3.63) is 52.6 Å². The third kappa shape index (κ3) is 1.37. The van der Waals surface area contributed by atoms with Crippen molar-refractivity contribution < 1.29 is 0 Å². The minimum atomic E-state index is 1.19. The smallest absolute Gasteiger partial charge is 0.0108 e. The molecule has 1 aliphatic rings. The van der Waals surface area contributed by atoms with Crippen molar-refractivity contribution in [3.8, 4) is 0 Å². The number of benzene rings is 2. The Morgan fingerprint density at radius 2 is 1.94 bits per heavy atom. The molecule has 0 aromatic heterocycles. The maximum Gasteiger partial charge on any atom is -0.0108 e. The van der Waals surface area contributed by atoms with E-state index in [0.29, 0.717) is 0 Å². The fraction of sp³-hybridized carbons (Fsp3) is 0.250. The number of hydrogen-bond donors (Lipinski definition) is 0. The zero-order valence-corrected chi connectivity index (χ0v) is 9.88. The standard InChI is InChI=1S/C16H16/c1-11-7-8-15-13(9-11)10-12(2)14-5-3-4-6-16(14)15/h4,6-10H,3,5H2,1-2H3. The number of hydrogen-bond acceptors (Lipinski definition) is 0. The van der Waals surface area contributed by atoms with Crippen molar-refractivity contribution in [2.45, 2.75) is 26.7 Å². The molecule has 80 valence electrons. The van der Waals surface area contributed by atoms with E-state index in [1.54, 1.807) is 5.56 Å². The van der Waals surface area contributed by atoms with Crippen LogP contribution in [0.5, 0.6) is 0 Å². The van der Waals surface area contributed by atoms with Crippen LogP contribution in [-0.2, 0) is 6.42 Å². The van der Waals surface area contributed by atoms with Gasteiger partial charge in [0.2, 0.25) is 0 Å². The van der Waals surface area contributed by atoms with E-state index in [-0.39, 0.29) is 0 Å². The fourth-order valence-electron chi connectivity index (χ4n) is 2.69. The summed E-state index contributed by atoms with van der Waals surface area (Å²) in [5.74, 6) is 0. The molecule has 0 radical (unpaired) electrons. The Kier molecular flexibility index (Phi) is 2.10. The molecule has 0 bridgehead atoms. The molecule has 2 aromatic rings. The molecule has 0 fully saturated rings. The molecule has 0 saturated carbocycles. The van der Waals surface area contributed by atoms with Gasteiger partial charge in [-0.15, -0.1) is 0 Å². The summed E-state index contributed by atoms with van der Waals surface area (Å²) in [6, 6.07) is 9.09. The van der Waals surface area contributed by atoms with Crippen LogP contribution in [0.15, 0.2) is 30.3 Å². The average Bonchev–Trinajstić information content (AvgIpc) is 2.29. The first-order chi connectivity index (χ1) is 7.75. The Hall–Kier alpha value is -1.56. The highest BCUT2D eigenvalue weighted by Gasteiger charge is 2.11. The summed E-state index contributed by atoms with van der Waals surface area (Å²) in [4.78, 5) is 0. The molecule has 2 aromatic carbocycles. The maximum atomic E-state index is 2.33. The Balaban J connectivity index is 2.43. The minimum absolute atomic E-state index is 1.19. The lowest BCUT2D eigenvalue weighted by Crippen LogP contribution is -1.98. The Morgan fingerprint density at radius 3 is 2.81 bits per heavy atom. The highest BCUT2D eigenvalue weighted by molar-refractivity contribution is 5.93. The second kappa shape index (κ2) is 3.48. The quantitative estimate of drug-likeness (QED) is 0.601. The highest BCUT2D eigenvalue weighted by Crippen LogP contribution is 2.31. The number of rotatable bonds is 0. The largest absolute Gasteiger partial charge is 0.0836 e. The molecule has 0 amide bonds. The van der Waals surface area contributed by atoms with Crippen LogP contribution in [-0.4, -0.2) is 0 Å². The van der Waals surface area contributed by atoms with Gasteiger partial charge < -0.3 is 0 Å². The lowest BCUT2D eigenvalue weighted by molar-refractivity contribution is 0.975. The summed E-state index contributed by atoms with van der Waals surface area (Å²) in [5.41, 5.74) is 5.77. The molecule has 0 spiro atoms. The summed E-state index contributed by atoms with van der Waals surface area (Å²) >= 11 is 0. The Morgan fingerprint density at radius 1 is 1.06 bits per heavy atom. The van der Waals surface area contributed by atoms with Crippen LogP contribution in [0.2, 0.25) is 0 Å². The summed E-state index contributed by atoms with van der Waals surface area (Å²) in [5, 5.41) is 2.78. The molecule has 0 unspecified atom stereocenters. The number of aryl methyl sites for hydroxylation is 2. The van der Waals surface area contributed by atoms with E-state index < -0.39 is 0 Å². The van der Waals surface area contributed by atoms with Crippen LogP contribution >= 0.6 is 0 Å². The molecule has 0 atom stereocenters. The molecule has 0 N–H and O–H groups in total. The van der Waals surface area contributed by atoms with Gasteiger partial charge in [-0.1, -0.05) is 42.0 Å². The van der Waals surface area contributed by atoms with Gasteiger partial charge in [0.05, 0.1) is 0 Å². The third-order valence-corrected chi connectivity index (χ3v) is 3.52. The van der Waals surface area contributed by atoms with E-state index in [4.69, 9.17) is 0 Å². The van der Waals surface area contributed by atoms with Gasteiger partial charge in [-0.3, -0.25) is 0 Å². The van der Waals surface area contributed by atoms with Gasteiger partial charge in [-0.2, -0.15) is 0 Å². The highest BCUT2D eigenvalue weighted by atomic mass is 14.2. The van der Waals surface area contributed by atoms with Crippen LogP contribution < -0.4 is 0 Å². The summed E-state index contributed by atoms with van der Waals surface area (Å²) in [6.07, 6.45) is 6.97. The van der Waals surface area contributed by atoms with Crippen LogP contribution in [0.3, 0.4) is 0 Å². The summed E-state index contributed by atoms with van der Waals surface area (Å²) < 4.78 is 0. The molecule has 1 aliphatic carbocycles. The van der Waals surface area contributed by atoms with Gasteiger partial charge in [-0.25, -0.2) is 0 Å². The molecule has 16 heavy (non-hydrogen) atoms. The lowest BCUT2D eigenvalue weighted by atomic mass is 9.88. The van der Waals surface area contributed by atoms with Gasteiger partial charge >= 0.3 is 0 Å². The first kappa shape index (κ1) is 9.65. The van der Waals surface area contributed by atoms with E-state index in [1.165, 1.54) is 40.3 Å². The molecule has 0 heteroatoms. The van der Waals surface area contributed by atoms with E-state index in [2.05, 4.69) is 50.3 Å². The zero-order valence-electron chi connectivity index (χ0n) is 9.88. The van der Waals surface area contributed by atoms with E-state index in [1.807, 2.05) is 0 Å². The van der Waals surface area contributed by atoms with Gasteiger partial charge in [0.15, 0.2) is 0 Å². The van der Waals surface area contributed by atoms with Crippen molar-refractivity contribution in [3.63, 3.8) is 0 Å². The van der Waals surface area contributed by atoms with E-state index in [0.717, 1.165) is 0 Å². The zero-order chi connectivity index (χ0) is 11.1. The molecular weight excluding hydrogens is 192 g/mol. The fourth-order valence-corrected chi connectivity index (χ4v) is 2.69. The normalized spacial score (nSPS) is 14.1. The van der Waals surface area contributed by atoms with Gasteiger partial charge in [0.25, 0.3) is 0 Å². The molecule has 0 nitrogen and oxygen atoms in total. The van der Waals surface area contributed by atoms with Gasteiger partial charge in [-0.05, 0) is 54.2 Å². The first-order valence-corrected chi connectivity index (χ1v) is 5.95. The van der Waals surface area contributed by atoms with E-state index >= 15 is 0 Å². The van der Waals surface area contributed by atoms with Crippen molar-refractivity contribution in [1.29, 1.82) is 0 Å². The first-order valence-electron chi connectivity index (χ1n) is 5.95. The lowest BCUT2D eigenvalue weighted by Gasteiger charge is -2.16. The Bertz CT molecular complexity index is 589. The maximum absolute atomic E-state index is 2.33. The molecule has 0 saturated heterocycles. The monoisotopic (exact) mass is 208 g/mol. The van der Waals surface area contributed by atoms with Crippen LogP contribution in [0.4, 0.5) is 0 Å². The second-order valence-corrected chi connectivity index (χ2v) is 4.75. The van der Waals surface area contributed by atoms with Crippen molar-refractivity contribution in [2.75, 3.05) is 0 Å². The van der Waals surface area contributed by atoms with Gasteiger partial charge in [0.1, 0.15) is 0 Å². The SMILES string of the molecule is Cc1ccc2c3c(c(C)cc2c1)CCC=C3. The number of fused-ring (bicyclic) bond motifs is 3. The topological polar surface area (TPSA) is 0 Å². The van der Waals surface area contributed by atoms with Crippen LogP contribution in [0.25, 0.3) is 16.8 Å². The average molecular weight is 208 g/mol. The predicted octanol–water partition coefficient (Wildman–Crippen LogP) is 4.42. The molecule has 0 heterocycles. The minimum Gasteiger partial charge on any atom is -0.0836 e. The summed E-state index contributed by atoms with van der Waals surface area (Å²) in [7, 11) is 0. The predicted molar refractivity (Wildman–Crippen MR) is 70.8 cm³/mol. The van der Waals surface area contributed by atoms with Gasteiger partial charge in [0, 0.05) is 0 Å². The molecule has 0 aliphatic heterocycles. The summed E-state index contributed by atoms with van der Waals surface area (Å²) in [6.45, 7) is 4.39. The van der Waals surface area contributed by atoms with Crippen molar-refractivity contribution in [1.82, 2.24) is 0 Å². The van der Waals surface area contributed by atoms with Crippen LogP contribution in [0.1, 0.15) is 28.7 Å². The molecular formula is C16H16. The number of allylic oxidation sites excluding steroid dienone is 1. The van der Waals surface area contributed by atoms with Crippen LogP contribution in [0, 0.1) is 13.8 Å². The third-order valence-electron chi connectivity index (χ3n) is 3.52. The Labute approximate surface area is 96.6 Å². The van der Waals surface area contributed by atoms with Crippen molar-refractivity contribution in [2.24, 2.45) is 0 Å². The molecule has 3 rings (SSSR count). The van der Waals surface area contributed by atoms with E-state index in [9.17, 15) is 0 Å². The van der Waals surface area contributed by atoms with Crippen molar-refractivity contribution >= 4 is 16.8 Å².